The Kier molecular flexibility index (Phi) is 2.30. The van der Waals surface area contributed by atoms with Gasteiger partial charge in [0, 0.05) is 6.20 Å². The molecule has 0 unspecified atom stereocenters. The number of hydrogen-bond donors (Lipinski definition) is 0. The van der Waals surface area contributed by atoms with E-state index in [0.717, 1.165) is 11.3 Å². The van der Waals surface area contributed by atoms with Crippen molar-refractivity contribution in [2.24, 2.45) is 0 Å². The van der Waals surface area contributed by atoms with Crippen LogP contribution in [0.2, 0.25) is 5.22 Å². The molecule has 3 rings (SSSR count). The predicted octanol–water partition coefficient (Wildman–Crippen LogP) is 3.26. The number of aromatic nitrogens is 2. The highest BCUT2D eigenvalue weighted by atomic mass is 35.5. The molecule has 17 heavy (non-hydrogen) atoms. The van der Waals surface area contributed by atoms with Crippen molar-refractivity contribution in [1.82, 2.24) is 9.38 Å². The van der Waals surface area contributed by atoms with Gasteiger partial charge in [-0.15, -0.1) is 0 Å². The van der Waals surface area contributed by atoms with Gasteiger partial charge in [-0.25, -0.2) is 4.98 Å². The van der Waals surface area contributed by atoms with Crippen LogP contribution in [-0.2, 0) is 0 Å². The molecule has 0 spiro atoms. The zero-order valence-electron chi connectivity index (χ0n) is 9.05. The molecule has 0 amide bonds. The second-order valence-electron chi connectivity index (χ2n) is 3.52. The molecule has 0 saturated carbocycles. The zero-order chi connectivity index (χ0) is 11.8. The van der Waals surface area contributed by atoms with Gasteiger partial charge in [-0.1, -0.05) is 0 Å². The third-order valence-electron chi connectivity index (χ3n) is 2.55. The van der Waals surface area contributed by atoms with Crippen LogP contribution in [0.15, 0.2) is 41.1 Å². The van der Waals surface area contributed by atoms with Crippen molar-refractivity contribution in [3.63, 3.8) is 0 Å². The highest BCUT2D eigenvalue weighted by Gasteiger charge is 2.12. The molecule has 3 aromatic heterocycles. The van der Waals surface area contributed by atoms with Gasteiger partial charge in [0.15, 0.2) is 16.8 Å². The first kappa shape index (κ1) is 10.2. The number of furan rings is 1. The summed E-state index contributed by atoms with van der Waals surface area (Å²) in [6, 6.07) is 7.26. The molecule has 0 aromatic carbocycles. The van der Waals surface area contributed by atoms with Crippen molar-refractivity contribution in [1.29, 1.82) is 0 Å². The van der Waals surface area contributed by atoms with E-state index in [1.165, 1.54) is 0 Å². The molecule has 0 aliphatic rings. The summed E-state index contributed by atoms with van der Waals surface area (Å²) in [7, 11) is 1.63. The van der Waals surface area contributed by atoms with Gasteiger partial charge in [0.25, 0.3) is 0 Å². The predicted molar refractivity (Wildman–Crippen MR) is 64.5 cm³/mol. The number of hydrogen-bond acceptors (Lipinski definition) is 3. The van der Waals surface area contributed by atoms with Gasteiger partial charge in [-0.2, -0.15) is 0 Å². The molecule has 0 radical (unpaired) electrons. The molecule has 5 heteroatoms. The molecule has 0 atom stereocenters. The SMILES string of the molecule is COc1cccn2c(-c3ccc(Cl)o3)ncc12. The minimum atomic E-state index is 0.347. The second kappa shape index (κ2) is 3.82. The summed E-state index contributed by atoms with van der Waals surface area (Å²) in [4.78, 5) is 4.32. The molecule has 4 nitrogen and oxygen atoms in total. The molecule has 0 aliphatic carbocycles. The maximum Gasteiger partial charge on any atom is 0.194 e. The normalized spacial score (nSPS) is 10.9. The zero-order valence-corrected chi connectivity index (χ0v) is 9.81. The summed E-state index contributed by atoms with van der Waals surface area (Å²) in [5, 5.41) is 0.347. The minimum Gasteiger partial charge on any atom is -0.494 e. The first-order valence-corrected chi connectivity index (χ1v) is 5.43. The Morgan fingerprint density at radius 2 is 2.24 bits per heavy atom. The van der Waals surface area contributed by atoms with Gasteiger partial charge in [0.2, 0.25) is 0 Å². The Bertz CT molecular complexity index is 672. The highest BCUT2D eigenvalue weighted by molar-refractivity contribution is 6.28. The summed E-state index contributed by atoms with van der Waals surface area (Å²) in [6.07, 6.45) is 3.64. The van der Waals surface area contributed by atoms with Gasteiger partial charge < -0.3 is 9.15 Å². The molecule has 0 bridgehead atoms. The van der Waals surface area contributed by atoms with Crippen molar-refractivity contribution >= 4 is 17.1 Å². The van der Waals surface area contributed by atoms with E-state index < -0.39 is 0 Å². The van der Waals surface area contributed by atoms with Crippen LogP contribution in [0, 0.1) is 0 Å². The van der Waals surface area contributed by atoms with Crippen LogP contribution in [0.5, 0.6) is 5.75 Å². The van der Waals surface area contributed by atoms with Crippen LogP contribution in [0.25, 0.3) is 17.1 Å². The van der Waals surface area contributed by atoms with Gasteiger partial charge in [0.1, 0.15) is 11.3 Å². The molecule has 0 N–H and O–H groups in total. The van der Waals surface area contributed by atoms with Crippen molar-refractivity contribution in [2.75, 3.05) is 7.11 Å². The van der Waals surface area contributed by atoms with E-state index in [1.54, 1.807) is 25.4 Å². The largest absolute Gasteiger partial charge is 0.494 e. The van der Waals surface area contributed by atoms with Crippen LogP contribution in [-0.4, -0.2) is 16.5 Å². The number of nitrogens with zero attached hydrogens (tertiary/aromatic N) is 2. The van der Waals surface area contributed by atoms with Crippen molar-refractivity contribution in [3.05, 3.63) is 41.9 Å². The standard InChI is InChI=1S/C12H9ClN2O2/c1-16-9-3-2-6-15-8(9)7-14-12(15)10-4-5-11(13)17-10/h2-7H,1H3. The average molecular weight is 249 g/mol. The smallest absolute Gasteiger partial charge is 0.194 e. The molecule has 0 saturated heterocycles. The number of imidazole rings is 1. The quantitative estimate of drug-likeness (QED) is 0.699. The number of rotatable bonds is 2. The molecule has 3 aromatic rings. The number of methoxy groups -OCH3 is 1. The summed E-state index contributed by atoms with van der Waals surface area (Å²) in [5.74, 6) is 2.10. The highest BCUT2D eigenvalue weighted by Crippen LogP contribution is 2.27. The Balaban J connectivity index is 2.25. The summed E-state index contributed by atoms with van der Waals surface area (Å²) in [5.41, 5.74) is 0.887. The van der Waals surface area contributed by atoms with E-state index in [1.807, 2.05) is 22.7 Å². The lowest BCUT2D eigenvalue weighted by atomic mass is 10.4. The van der Waals surface area contributed by atoms with Gasteiger partial charge in [-0.3, -0.25) is 4.40 Å². The summed E-state index contributed by atoms with van der Waals surface area (Å²) in [6.45, 7) is 0. The van der Waals surface area contributed by atoms with Crippen molar-refractivity contribution < 1.29 is 9.15 Å². The average Bonchev–Trinajstić information content (AvgIpc) is 2.94. The maximum absolute atomic E-state index is 5.76. The summed E-state index contributed by atoms with van der Waals surface area (Å²) >= 11 is 5.76. The lowest BCUT2D eigenvalue weighted by Crippen LogP contribution is -1.90. The minimum absolute atomic E-state index is 0.347. The summed E-state index contributed by atoms with van der Waals surface area (Å²) < 4.78 is 12.5. The third-order valence-corrected chi connectivity index (χ3v) is 2.75. The number of pyridine rings is 1. The number of ether oxygens (including phenoxy) is 1. The van der Waals surface area contributed by atoms with E-state index in [0.29, 0.717) is 16.8 Å². The molecular weight excluding hydrogens is 240 g/mol. The Morgan fingerprint density at radius 3 is 2.94 bits per heavy atom. The molecule has 3 heterocycles. The maximum atomic E-state index is 5.76. The number of halogens is 1. The van der Waals surface area contributed by atoms with Crippen molar-refractivity contribution in [2.45, 2.75) is 0 Å². The van der Waals surface area contributed by atoms with Crippen LogP contribution >= 0.6 is 11.6 Å². The Labute approximate surface area is 102 Å². The fraction of sp³-hybridized carbons (Fsp3) is 0.0833. The topological polar surface area (TPSA) is 39.7 Å². The number of fused-ring (bicyclic) bond motifs is 1. The van der Waals surface area contributed by atoms with Crippen LogP contribution in [0.3, 0.4) is 0 Å². The molecule has 0 fully saturated rings. The molecule has 86 valence electrons. The van der Waals surface area contributed by atoms with Gasteiger partial charge in [-0.05, 0) is 35.9 Å². The lowest BCUT2D eigenvalue weighted by Gasteiger charge is -2.02. The van der Waals surface area contributed by atoms with E-state index in [4.69, 9.17) is 20.8 Å². The second-order valence-corrected chi connectivity index (χ2v) is 3.89. The monoisotopic (exact) mass is 248 g/mol. The molecule has 0 aliphatic heterocycles. The molecular formula is C12H9ClN2O2. The fourth-order valence-electron chi connectivity index (χ4n) is 1.79. The van der Waals surface area contributed by atoms with E-state index in [9.17, 15) is 0 Å². The lowest BCUT2D eigenvalue weighted by molar-refractivity contribution is 0.418. The van der Waals surface area contributed by atoms with Gasteiger partial charge in [0.05, 0.1) is 13.3 Å². The Morgan fingerprint density at radius 1 is 1.35 bits per heavy atom. The van der Waals surface area contributed by atoms with Gasteiger partial charge >= 0.3 is 0 Å². The van der Waals surface area contributed by atoms with E-state index >= 15 is 0 Å². The van der Waals surface area contributed by atoms with E-state index in [-0.39, 0.29) is 0 Å². The first-order valence-electron chi connectivity index (χ1n) is 5.05. The van der Waals surface area contributed by atoms with Crippen LogP contribution in [0.4, 0.5) is 0 Å². The fourth-order valence-corrected chi connectivity index (χ4v) is 1.93. The van der Waals surface area contributed by atoms with Crippen molar-refractivity contribution in [3.8, 4) is 17.3 Å². The first-order chi connectivity index (χ1) is 8.29. The Hall–Kier alpha value is -1.94. The van der Waals surface area contributed by atoms with E-state index in [2.05, 4.69) is 4.98 Å². The van der Waals surface area contributed by atoms with Crippen LogP contribution < -0.4 is 4.74 Å². The third kappa shape index (κ3) is 1.57. The van der Waals surface area contributed by atoms with Crippen LogP contribution in [0.1, 0.15) is 0 Å².